The van der Waals surface area contributed by atoms with Gasteiger partial charge in [0.2, 0.25) is 0 Å². The van der Waals surface area contributed by atoms with Crippen LogP contribution in [0.15, 0.2) is 29.3 Å². The molecule has 1 unspecified atom stereocenters. The molecule has 5 heteroatoms. The molecule has 2 heterocycles. The van der Waals surface area contributed by atoms with E-state index in [2.05, 4.69) is 40.0 Å². The molecule has 1 aromatic heterocycles. The van der Waals surface area contributed by atoms with Crippen molar-refractivity contribution in [2.75, 3.05) is 19.6 Å². The molecule has 0 radical (unpaired) electrons. The van der Waals surface area contributed by atoms with Crippen LogP contribution in [0, 0.1) is 5.92 Å². The zero-order chi connectivity index (χ0) is 15.4. The zero-order valence-corrected chi connectivity index (χ0v) is 14.0. The average Bonchev–Trinajstić information content (AvgIpc) is 2.94. The Labute approximate surface area is 136 Å². The van der Waals surface area contributed by atoms with E-state index in [1.165, 1.54) is 22.5 Å². The van der Waals surface area contributed by atoms with Gasteiger partial charge in [0.1, 0.15) is 0 Å². The molecule has 2 N–H and O–H groups in total. The van der Waals surface area contributed by atoms with Crippen LogP contribution in [0.3, 0.4) is 0 Å². The summed E-state index contributed by atoms with van der Waals surface area (Å²) < 4.78 is 1.27. The fourth-order valence-electron chi connectivity index (χ4n) is 2.95. The number of fused-ring (bicyclic) bond motifs is 1. The first-order chi connectivity index (χ1) is 10.7. The smallest absolute Gasteiger partial charge is 0.191 e. The molecule has 0 amide bonds. The number of likely N-dealkylation sites (tertiary alicyclic amines) is 1. The number of aliphatic imine (C=N–C) groups is 1. The van der Waals surface area contributed by atoms with Gasteiger partial charge in [0.05, 0.1) is 15.2 Å². The second kappa shape index (κ2) is 7.09. The van der Waals surface area contributed by atoms with Crippen molar-refractivity contribution in [3.8, 4) is 0 Å². The number of benzene rings is 1. The lowest BCUT2D eigenvalue weighted by Crippen LogP contribution is -2.43. The van der Waals surface area contributed by atoms with E-state index in [0.29, 0.717) is 0 Å². The number of aryl methyl sites for hydroxylation is 1. The lowest BCUT2D eigenvalue weighted by atomic mass is 10.0. The maximum Gasteiger partial charge on any atom is 0.191 e. The molecular formula is C17H24N4S. The minimum Gasteiger partial charge on any atom is -0.370 e. The van der Waals surface area contributed by atoms with E-state index in [1.54, 1.807) is 11.3 Å². The quantitative estimate of drug-likeness (QED) is 0.535. The number of thiazole rings is 1. The van der Waals surface area contributed by atoms with Gasteiger partial charge in [0.15, 0.2) is 5.96 Å². The van der Waals surface area contributed by atoms with Gasteiger partial charge in [-0.25, -0.2) is 4.98 Å². The van der Waals surface area contributed by atoms with Gasteiger partial charge in [0.25, 0.3) is 0 Å². The highest BCUT2D eigenvalue weighted by atomic mass is 32.1. The van der Waals surface area contributed by atoms with Crippen LogP contribution in [0.2, 0.25) is 0 Å². The third-order valence-corrected chi connectivity index (χ3v) is 5.24. The molecule has 1 fully saturated rings. The molecule has 0 bridgehead atoms. The molecule has 1 saturated heterocycles. The van der Waals surface area contributed by atoms with Crippen LogP contribution in [0.25, 0.3) is 10.2 Å². The molecule has 1 aliphatic heterocycles. The number of para-hydroxylation sites is 1. The summed E-state index contributed by atoms with van der Waals surface area (Å²) in [4.78, 5) is 11.4. The maximum atomic E-state index is 6.11. The molecule has 3 rings (SSSR count). The third-order valence-electron chi connectivity index (χ3n) is 4.14. The van der Waals surface area contributed by atoms with Crippen LogP contribution in [0.5, 0.6) is 0 Å². The Bertz CT molecular complexity index is 616. The van der Waals surface area contributed by atoms with E-state index in [1.807, 2.05) is 6.07 Å². The predicted molar refractivity (Wildman–Crippen MR) is 94.4 cm³/mol. The van der Waals surface area contributed by atoms with Crippen LogP contribution in [-0.4, -0.2) is 35.5 Å². The van der Waals surface area contributed by atoms with Crippen molar-refractivity contribution in [1.29, 1.82) is 0 Å². The van der Waals surface area contributed by atoms with E-state index in [-0.39, 0.29) is 0 Å². The normalized spacial score (nSPS) is 19.8. The number of hydrogen-bond donors (Lipinski definition) is 1. The molecule has 1 atom stereocenters. The van der Waals surface area contributed by atoms with E-state index < -0.39 is 0 Å². The number of rotatable bonds is 4. The van der Waals surface area contributed by atoms with Crippen molar-refractivity contribution < 1.29 is 0 Å². The van der Waals surface area contributed by atoms with Crippen LogP contribution in [0.1, 0.15) is 31.2 Å². The van der Waals surface area contributed by atoms with Gasteiger partial charge in [-0.2, -0.15) is 0 Å². The van der Waals surface area contributed by atoms with Gasteiger partial charge >= 0.3 is 0 Å². The summed E-state index contributed by atoms with van der Waals surface area (Å²) in [7, 11) is 0. The maximum absolute atomic E-state index is 6.11. The number of piperidine rings is 1. The fourth-order valence-corrected chi connectivity index (χ4v) is 3.96. The molecule has 0 aliphatic carbocycles. The van der Waals surface area contributed by atoms with Gasteiger partial charge in [-0.05, 0) is 37.3 Å². The largest absolute Gasteiger partial charge is 0.370 e. The first kappa shape index (κ1) is 15.3. The first-order valence-electron chi connectivity index (χ1n) is 8.11. The highest BCUT2D eigenvalue weighted by Crippen LogP contribution is 2.22. The average molecular weight is 316 g/mol. The second-order valence-electron chi connectivity index (χ2n) is 6.11. The second-order valence-corrected chi connectivity index (χ2v) is 7.23. The summed E-state index contributed by atoms with van der Waals surface area (Å²) in [5.74, 6) is 1.45. The SMILES string of the molecule is CC1CCCN(C(N)=NCCCc2nc3ccccc3s2)C1. The minimum absolute atomic E-state index is 0.718. The highest BCUT2D eigenvalue weighted by Gasteiger charge is 2.17. The first-order valence-corrected chi connectivity index (χ1v) is 8.93. The summed E-state index contributed by atoms with van der Waals surface area (Å²) in [6, 6.07) is 8.30. The molecular weight excluding hydrogens is 292 g/mol. The third kappa shape index (κ3) is 3.77. The monoisotopic (exact) mass is 316 g/mol. The lowest BCUT2D eigenvalue weighted by Gasteiger charge is -2.31. The minimum atomic E-state index is 0.718. The lowest BCUT2D eigenvalue weighted by molar-refractivity contribution is 0.270. The van der Waals surface area contributed by atoms with Crippen LogP contribution in [0.4, 0.5) is 0 Å². The Balaban J connectivity index is 1.49. The van der Waals surface area contributed by atoms with Crippen LogP contribution < -0.4 is 5.73 Å². The molecule has 2 aromatic rings. The molecule has 1 aliphatic rings. The van der Waals surface area contributed by atoms with Gasteiger partial charge < -0.3 is 10.6 Å². The summed E-state index contributed by atoms with van der Waals surface area (Å²) in [5.41, 5.74) is 7.22. The number of guanidine groups is 1. The summed E-state index contributed by atoms with van der Waals surface area (Å²) in [6.07, 6.45) is 4.51. The Hall–Kier alpha value is -1.62. The predicted octanol–water partition coefficient (Wildman–Crippen LogP) is 3.28. The van der Waals surface area contributed by atoms with Crippen LogP contribution in [-0.2, 0) is 6.42 Å². The van der Waals surface area contributed by atoms with Crippen molar-refractivity contribution in [1.82, 2.24) is 9.88 Å². The molecule has 1 aromatic carbocycles. The Morgan fingerprint density at radius 3 is 3.14 bits per heavy atom. The Kier molecular flexibility index (Phi) is 4.93. The number of aromatic nitrogens is 1. The number of nitrogens with zero attached hydrogens (tertiary/aromatic N) is 3. The number of nitrogens with two attached hydrogens (primary N) is 1. The van der Waals surface area contributed by atoms with E-state index in [4.69, 9.17) is 5.73 Å². The van der Waals surface area contributed by atoms with Gasteiger partial charge in [-0.1, -0.05) is 19.1 Å². The molecule has 0 saturated carbocycles. The highest BCUT2D eigenvalue weighted by molar-refractivity contribution is 7.18. The van der Waals surface area contributed by atoms with Gasteiger partial charge in [-0.3, -0.25) is 4.99 Å². The van der Waals surface area contributed by atoms with E-state index in [0.717, 1.165) is 49.9 Å². The van der Waals surface area contributed by atoms with Crippen molar-refractivity contribution in [2.45, 2.75) is 32.6 Å². The summed E-state index contributed by atoms with van der Waals surface area (Å²) in [6.45, 7) is 5.17. The van der Waals surface area contributed by atoms with E-state index in [9.17, 15) is 0 Å². The van der Waals surface area contributed by atoms with Crippen LogP contribution >= 0.6 is 11.3 Å². The standard InChI is InChI=1S/C17H24N4S/c1-13-6-5-11-21(12-13)17(18)19-10-4-9-16-20-14-7-2-3-8-15(14)22-16/h2-3,7-8,13H,4-6,9-12H2,1H3,(H2,18,19). The molecule has 0 spiro atoms. The molecule has 4 nitrogen and oxygen atoms in total. The Morgan fingerprint density at radius 1 is 1.45 bits per heavy atom. The zero-order valence-electron chi connectivity index (χ0n) is 13.2. The van der Waals surface area contributed by atoms with Crippen molar-refractivity contribution in [3.05, 3.63) is 29.3 Å². The Morgan fingerprint density at radius 2 is 2.32 bits per heavy atom. The topological polar surface area (TPSA) is 54.5 Å². The van der Waals surface area contributed by atoms with Crippen molar-refractivity contribution in [3.63, 3.8) is 0 Å². The van der Waals surface area contributed by atoms with E-state index >= 15 is 0 Å². The summed E-state index contributed by atoms with van der Waals surface area (Å²) in [5, 5.41) is 1.20. The molecule has 118 valence electrons. The van der Waals surface area contributed by atoms with Crippen molar-refractivity contribution in [2.24, 2.45) is 16.6 Å². The van der Waals surface area contributed by atoms with Gasteiger partial charge in [-0.15, -0.1) is 11.3 Å². The fraction of sp³-hybridized carbons (Fsp3) is 0.529. The summed E-state index contributed by atoms with van der Waals surface area (Å²) >= 11 is 1.78. The van der Waals surface area contributed by atoms with Crippen molar-refractivity contribution >= 4 is 27.5 Å². The van der Waals surface area contributed by atoms with Gasteiger partial charge in [0, 0.05) is 26.1 Å². The number of hydrogen-bond acceptors (Lipinski definition) is 3. The molecule has 22 heavy (non-hydrogen) atoms.